The summed E-state index contributed by atoms with van der Waals surface area (Å²) in [6.45, 7) is 1.91. The number of carbonyl (C=O) groups is 1. The summed E-state index contributed by atoms with van der Waals surface area (Å²) < 4.78 is 0.888. The smallest absolute Gasteiger partial charge is 0.194 e. The summed E-state index contributed by atoms with van der Waals surface area (Å²) in [5.74, 6) is -0.0469. The first kappa shape index (κ1) is 12.3. The van der Waals surface area contributed by atoms with Crippen LogP contribution in [0.5, 0.6) is 0 Å². The summed E-state index contributed by atoms with van der Waals surface area (Å²) in [5, 5.41) is 0.483. The van der Waals surface area contributed by atoms with Crippen LogP contribution in [0.25, 0.3) is 0 Å². The molecule has 0 unspecified atom stereocenters. The zero-order valence-electron chi connectivity index (χ0n) is 9.21. The topological polar surface area (TPSA) is 17.1 Å². The van der Waals surface area contributed by atoms with Crippen molar-refractivity contribution < 1.29 is 4.79 Å². The Bertz CT molecular complexity index is 578. The second-order valence-electron chi connectivity index (χ2n) is 3.77. The van der Waals surface area contributed by atoms with Crippen LogP contribution < -0.4 is 0 Å². The summed E-state index contributed by atoms with van der Waals surface area (Å²) in [4.78, 5) is 12.3. The van der Waals surface area contributed by atoms with Crippen molar-refractivity contribution in [3.8, 4) is 0 Å². The molecule has 2 aromatic carbocycles. The molecule has 0 saturated carbocycles. The zero-order valence-corrected chi connectivity index (χ0v) is 11.5. The number of halogens is 2. The lowest BCUT2D eigenvalue weighted by Crippen LogP contribution is -2.04. The van der Waals surface area contributed by atoms with Crippen LogP contribution in [0.3, 0.4) is 0 Å². The first-order chi connectivity index (χ1) is 8.09. The molecular weight excluding hydrogens is 300 g/mol. The number of benzene rings is 2. The van der Waals surface area contributed by atoms with Crippen molar-refractivity contribution in [1.82, 2.24) is 0 Å². The minimum absolute atomic E-state index is 0.0469. The number of hydrogen-bond acceptors (Lipinski definition) is 1. The van der Waals surface area contributed by atoms with Crippen LogP contribution in [-0.4, -0.2) is 5.78 Å². The van der Waals surface area contributed by atoms with Crippen LogP contribution in [0.1, 0.15) is 21.5 Å². The molecule has 0 spiro atoms. The van der Waals surface area contributed by atoms with Crippen molar-refractivity contribution in [2.24, 2.45) is 0 Å². The molecule has 0 atom stereocenters. The molecule has 3 heteroatoms. The van der Waals surface area contributed by atoms with Crippen molar-refractivity contribution >= 4 is 33.3 Å². The number of carbonyl (C=O) groups excluding carboxylic acids is 1. The largest absolute Gasteiger partial charge is 0.289 e. The molecule has 2 rings (SSSR count). The quantitative estimate of drug-likeness (QED) is 0.738. The van der Waals surface area contributed by atoms with Gasteiger partial charge in [-0.1, -0.05) is 45.7 Å². The van der Waals surface area contributed by atoms with Gasteiger partial charge in [-0.15, -0.1) is 0 Å². The number of rotatable bonds is 2. The molecule has 0 aliphatic heterocycles. The normalized spacial score (nSPS) is 10.3. The van der Waals surface area contributed by atoms with Gasteiger partial charge in [-0.3, -0.25) is 4.79 Å². The highest BCUT2D eigenvalue weighted by Gasteiger charge is 2.14. The molecule has 0 amide bonds. The van der Waals surface area contributed by atoms with Gasteiger partial charge in [-0.2, -0.15) is 0 Å². The van der Waals surface area contributed by atoms with E-state index in [1.807, 2.05) is 37.3 Å². The lowest BCUT2D eigenvalue weighted by molar-refractivity contribution is 0.103. The third-order valence-electron chi connectivity index (χ3n) is 2.56. The van der Waals surface area contributed by atoms with E-state index in [2.05, 4.69) is 15.9 Å². The Morgan fingerprint density at radius 2 is 1.82 bits per heavy atom. The SMILES string of the molecule is Cc1ccc(Br)cc1C(=O)c1ccccc1Cl. The average Bonchev–Trinajstić information content (AvgIpc) is 2.32. The predicted octanol–water partition coefficient (Wildman–Crippen LogP) is 4.64. The van der Waals surface area contributed by atoms with Gasteiger partial charge in [-0.05, 0) is 36.8 Å². The predicted molar refractivity (Wildman–Crippen MR) is 73.8 cm³/mol. The van der Waals surface area contributed by atoms with E-state index in [-0.39, 0.29) is 5.78 Å². The van der Waals surface area contributed by atoms with Crippen molar-refractivity contribution in [1.29, 1.82) is 0 Å². The van der Waals surface area contributed by atoms with Gasteiger partial charge < -0.3 is 0 Å². The molecule has 0 radical (unpaired) electrons. The average molecular weight is 310 g/mol. The zero-order chi connectivity index (χ0) is 12.4. The lowest BCUT2D eigenvalue weighted by atomic mass is 9.99. The molecule has 0 fully saturated rings. The van der Waals surface area contributed by atoms with Gasteiger partial charge in [0.2, 0.25) is 0 Å². The van der Waals surface area contributed by atoms with E-state index in [9.17, 15) is 4.79 Å². The summed E-state index contributed by atoms with van der Waals surface area (Å²) in [5.41, 5.74) is 2.15. The van der Waals surface area contributed by atoms with Crippen LogP contribution >= 0.6 is 27.5 Å². The summed E-state index contributed by atoms with van der Waals surface area (Å²) >= 11 is 9.40. The maximum Gasteiger partial charge on any atom is 0.194 e. The van der Waals surface area contributed by atoms with Crippen molar-refractivity contribution in [3.63, 3.8) is 0 Å². The number of ketones is 1. The Morgan fingerprint density at radius 3 is 2.53 bits per heavy atom. The van der Waals surface area contributed by atoms with Gasteiger partial charge in [0.1, 0.15) is 0 Å². The van der Waals surface area contributed by atoms with Crippen molar-refractivity contribution in [2.75, 3.05) is 0 Å². The molecule has 86 valence electrons. The highest BCUT2D eigenvalue weighted by molar-refractivity contribution is 9.10. The molecule has 0 aliphatic rings. The summed E-state index contributed by atoms with van der Waals surface area (Å²) in [6, 6.07) is 12.7. The second kappa shape index (κ2) is 5.03. The maximum absolute atomic E-state index is 12.3. The lowest BCUT2D eigenvalue weighted by Gasteiger charge is -2.07. The minimum atomic E-state index is -0.0469. The molecule has 0 N–H and O–H groups in total. The van der Waals surface area contributed by atoms with Gasteiger partial charge in [0.15, 0.2) is 5.78 Å². The maximum atomic E-state index is 12.3. The fourth-order valence-corrected chi connectivity index (χ4v) is 2.21. The van der Waals surface area contributed by atoms with E-state index in [4.69, 9.17) is 11.6 Å². The van der Waals surface area contributed by atoms with Gasteiger partial charge >= 0.3 is 0 Å². The number of aryl methyl sites for hydroxylation is 1. The van der Waals surface area contributed by atoms with E-state index in [0.717, 1.165) is 10.0 Å². The van der Waals surface area contributed by atoms with Crippen LogP contribution in [0.15, 0.2) is 46.9 Å². The van der Waals surface area contributed by atoms with Crippen LogP contribution in [0.2, 0.25) is 5.02 Å². The fraction of sp³-hybridized carbons (Fsp3) is 0.0714. The third kappa shape index (κ3) is 2.59. The molecule has 0 saturated heterocycles. The summed E-state index contributed by atoms with van der Waals surface area (Å²) in [7, 11) is 0. The molecule has 0 bridgehead atoms. The Hall–Kier alpha value is -1.12. The van der Waals surface area contributed by atoms with Crippen LogP contribution in [0.4, 0.5) is 0 Å². The monoisotopic (exact) mass is 308 g/mol. The Balaban J connectivity index is 2.51. The van der Waals surface area contributed by atoms with Crippen molar-refractivity contribution in [3.05, 3.63) is 68.7 Å². The second-order valence-corrected chi connectivity index (χ2v) is 5.09. The van der Waals surface area contributed by atoms with Crippen LogP contribution in [-0.2, 0) is 0 Å². The Morgan fingerprint density at radius 1 is 1.12 bits per heavy atom. The van der Waals surface area contributed by atoms with Crippen molar-refractivity contribution in [2.45, 2.75) is 6.92 Å². The highest BCUT2D eigenvalue weighted by atomic mass is 79.9. The first-order valence-corrected chi connectivity index (χ1v) is 6.32. The molecular formula is C14H10BrClO. The van der Waals surface area contributed by atoms with E-state index >= 15 is 0 Å². The summed E-state index contributed by atoms with van der Waals surface area (Å²) in [6.07, 6.45) is 0. The molecule has 0 aliphatic carbocycles. The highest BCUT2D eigenvalue weighted by Crippen LogP contribution is 2.23. The Kier molecular flexibility index (Phi) is 3.65. The van der Waals surface area contributed by atoms with Gasteiger partial charge in [0.25, 0.3) is 0 Å². The molecule has 17 heavy (non-hydrogen) atoms. The van der Waals surface area contributed by atoms with Gasteiger partial charge in [0.05, 0.1) is 5.02 Å². The minimum Gasteiger partial charge on any atom is -0.289 e. The van der Waals surface area contributed by atoms with E-state index in [0.29, 0.717) is 16.1 Å². The molecule has 0 aromatic heterocycles. The standard InChI is InChI=1S/C14H10BrClO/c1-9-6-7-10(15)8-12(9)14(17)11-4-2-3-5-13(11)16/h2-8H,1H3. The van der Waals surface area contributed by atoms with E-state index in [1.54, 1.807) is 12.1 Å². The first-order valence-electron chi connectivity index (χ1n) is 5.15. The number of hydrogen-bond donors (Lipinski definition) is 0. The molecule has 2 aromatic rings. The van der Waals surface area contributed by atoms with Crippen LogP contribution in [0, 0.1) is 6.92 Å². The fourth-order valence-electron chi connectivity index (χ4n) is 1.63. The van der Waals surface area contributed by atoms with E-state index < -0.39 is 0 Å². The molecule has 0 heterocycles. The van der Waals surface area contributed by atoms with E-state index in [1.165, 1.54) is 0 Å². The Labute approximate surface area is 114 Å². The van der Waals surface area contributed by atoms with Gasteiger partial charge in [0, 0.05) is 15.6 Å². The van der Waals surface area contributed by atoms with Gasteiger partial charge in [-0.25, -0.2) is 0 Å². The molecule has 1 nitrogen and oxygen atoms in total. The third-order valence-corrected chi connectivity index (χ3v) is 3.39.